The molecule has 4 nitrogen and oxygen atoms in total. The van der Waals surface area contributed by atoms with Crippen molar-refractivity contribution in [3.63, 3.8) is 0 Å². The number of carboxylic acids is 2. The molecule has 2 aliphatic carbocycles. The normalized spacial score (nSPS) is 25.6. The zero-order chi connectivity index (χ0) is 17.1. The molecule has 5 heteroatoms. The minimum Gasteiger partial charge on any atom is -0.481 e. The van der Waals surface area contributed by atoms with Gasteiger partial charge in [0.2, 0.25) is 0 Å². The molecule has 0 unspecified atom stereocenters. The molecule has 0 aliphatic heterocycles. The molecule has 2 fully saturated rings. The first-order valence-corrected chi connectivity index (χ1v) is 8.13. The second kappa shape index (κ2) is 8.32. The first-order valence-electron chi connectivity index (χ1n) is 8.13. The predicted octanol–water partition coefficient (Wildman–Crippen LogP) is 3.75. The van der Waals surface area contributed by atoms with E-state index in [0.717, 1.165) is 24.0 Å². The van der Waals surface area contributed by atoms with Crippen LogP contribution in [0.3, 0.4) is 0 Å². The molecule has 2 aliphatic rings. The fourth-order valence-corrected chi connectivity index (χ4v) is 3.07. The summed E-state index contributed by atoms with van der Waals surface area (Å²) in [5.41, 5.74) is 2.31. The number of benzene rings is 2. The molecule has 2 saturated carbocycles. The van der Waals surface area contributed by atoms with Crippen LogP contribution in [0.1, 0.15) is 35.8 Å². The zero-order valence-corrected chi connectivity index (χ0v) is 14.5. The molecule has 0 aromatic heterocycles. The van der Waals surface area contributed by atoms with Crippen molar-refractivity contribution in [3.8, 4) is 0 Å². The van der Waals surface area contributed by atoms with E-state index < -0.39 is 11.9 Å². The van der Waals surface area contributed by atoms with Gasteiger partial charge in [0.25, 0.3) is 0 Å². The van der Waals surface area contributed by atoms with Crippen molar-refractivity contribution in [2.45, 2.75) is 24.7 Å². The van der Waals surface area contributed by atoms with E-state index in [9.17, 15) is 9.59 Å². The van der Waals surface area contributed by atoms with E-state index in [-0.39, 0.29) is 40.7 Å². The topological polar surface area (TPSA) is 74.6 Å². The fourth-order valence-electron chi connectivity index (χ4n) is 3.07. The van der Waals surface area contributed by atoms with Crippen LogP contribution in [0, 0.1) is 11.8 Å². The average Bonchev–Trinajstić information content (AvgIpc) is 3.49. The molecule has 0 heterocycles. The summed E-state index contributed by atoms with van der Waals surface area (Å²) in [6.45, 7) is 0. The smallest absolute Gasteiger partial charge is 0.307 e. The molecule has 1 radical (unpaired) electrons. The van der Waals surface area contributed by atoms with E-state index >= 15 is 0 Å². The average molecular weight is 388 g/mol. The van der Waals surface area contributed by atoms with E-state index in [4.69, 9.17) is 10.2 Å². The number of carboxylic acid groups (broad SMARTS) is 2. The monoisotopic (exact) mass is 387 g/mol. The van der Waals surface area contributed by atoms with Gasteiger partial charge < -0.3 is 10.2 Å². The van der Waals surface area contributed by atoms with Gasteiger partial charge in [-0.3, -0.25) is 9.59 Å². The Bertz CT molecular complexity index is 653. The molecule has 0 bridgehead atoms. The number of aliphatic carboxylic acids is 2. The summed E-state index contributed by atoms with van der Waals surface area (Å²) in [6, 6.07) is 19.7. The van der Waals surface area contributed by atoms with Crippen molar-refractivity contribution in [2.75, 3.05) is 0 Å². The number of hydrogen-bond acceptors (Lipinski definition) is 2. The molecule has 135 valence electrons. The van der Waals surface area contributed by atoms with Gasteiger partial charge in [-0.25, -0.2) is 0 Å². The summed E-state index contributed by atoms with van der Waals surface area (Å²) >= 11 is 0. The standard InChI is InChI=1S/2C10H10O2.Cu/c2*11-10(12)9-6-8(9)7-4-2-1-3-5-7;/h2*1-5,8-9H,6H2,(H,11,12);/t2*8-,9+;/m11./s1. The minimum atomic E-state index is -0.663. The zero-order valence-electron chi connectivity index (χ0n) is 13.5. The maximum Gasteiger partial charge on any atom is 0.307 e. The Hall–Kier alpha value is -2.10. The first-order chi connectivity index (χ1) is 11.6. The Balaban J connectivity index is 0.000000173. The summed E-state index contributed by atoms with van der Waals surface area (Å²) in [7, 11) is 0. The SMILES string of the molecule is O=C(O)[C@H]1C[C@@H]1c1ccccc1.O=C(O)[C@H]1C[C@@H]1c1ccccc1.[Cu]. The second-order valence-corrected chi connectivity index (χ2v) is 6.40. The van der Waals surface area contributed by atoms with Crippen molar-refractivity contribution >= 4 is 11.9 Å². The molecule has 25 heavy (non-hydrogen) atoms. The van der Waals surface area contributed by atoms with E-state index in [1.807, 2.05) is 60.7 Å². The third-order valence-corrected chi connectivity index (χ3v) is 4.67. The summed E-state index contributed by atoms with van der Waals surface area (Å²) in [5, 5.41) is 17.4. The quantitative estimate of drug-likeness (QED) is 0.783. The first kappa shape index (κ1) is 19.2. The van der Waals surface area contributed by atoms with Gasteiger partial charge in [0, 0.05) is 17.1 Å². The van der Waals surface area contributed by atoms with Crippen LogP contribution in [0.5, 0.6) is 0 Å². The van der Waals surface area contributed by atoms with Crippen molar-refractivity contribution in [1.29, 1.82) is 0 Å². The van der Waals surface area contributed by atoms with Crippen molar-refractivity contribution in [1.82, 2.24) is 0 Å². The molecule has 4 rings (SSSR count). The van der Waals surface area contributed by atoms with E-state index in [2.05, 4.69) is 0 Å². The summed E-state index contributed by atoms with van der Waals surface area (Å²) in [6.07, 6.45) is 1.61. The molecule has 2 N–H and O–H groups in total. The van der Waals surface area contributed by atoms with Gasteiger partial charge in [-0.1, -0.05) is 60.7 Å². The summed E-state index contributed by atoms with van der Waals surface area (Å²) < 4.78 is 0. The molecule has 0 spiro atoms. The van der Waals surface area contributed by atoms with Crippen LogP contribution in [0.15, 0.2) is 60.7 Å². The Labute approximate surface area is 157 Å². The van der Waals surface area contributed by atoms with Crippen LogP contribution in [0.4, 0.5) is 0 Å². The van der Waals surface area contributed by atoms with Gasteiger partial charge in [-0.15, -0.1) is 0 Å². The van der Waals surface area contributed by atoms with E-state index in [0.29, 0.717) is 0 Å². The number of hydrogen-bond donors (Lipinski definition) is 2. The van der Waals surface area contributed by atoms with E-state index in [1.54, 1.807) is 0 Å². The van der Waals surface area contributed by atoms with Crippen LogP contribution >= 0.6 is 0 Å². The molecule has 0 saturated heterocycles. The Morgan fingerprint density at radius 2 is 1.00 bits per heavy atom. The van der Waals surface area contributed by atoms with Crippen LogP contribution < -0.4 is 0 Å². The van der Waals surface area contributed by atoms with Gasteiger partial charge >= 0.3 is 11.9 Å². The van der Waals surface area contributed by atoms with Crippen molar-refractivity contribution in [3.05, 3.63) is 71.8 Å². The maximum absolute atomic E-state index is 10.5. The molecular weight excluding hydrogens is 368 g/mol. The second-order valence-electron chi connectivity index (χ2n) is 6.40. The Morgan fingerprint density at radius 3 is 1.24 bits per heavy atom. The number of rotatable bonds is 4. The third kappa shape index (κ3) is 4.94. The van der Waals surface area contributed by atoms with Gasteiger partial charge in [0.1, 0.15) is 0 Å². The number of carbonyl (C=O) groups is 2. The molecule has 4 atom stereocenters. The Morgan fingerprint density at radius 1 is 0.680 bits per heavy atom. The van der Waals surface area contributed by atoms with Crippen LogP contribution in [-0.2, 0) is 26.7 Å². The minimum absolute atomic E-state index is 0. The maximum atomic E-state index is 10.5. The fraction of sp³-hybridized carbons (Fsp3) is 0.300. The largest absolute Gasteiger partial charge is 0.481 e. The molecule has 2 aromatic carbocycles. The van der Waals surface area contributed by atoms with Gasteiger partial charge in [-0.2, -0.15) is 0 Å². The van der Waals surface area contributed by atoms with Gasteiger partial charge in [0.05, 0.1) is 11.8 Å². The van der Waals surface area contributed by atoms with E-state index in [1.165, 1.54) is 0 Å². The summed E-state index contributed by atoms with van der Waals surface area (Å²) in [5.74, 6) is -1.06. The molecule has 0 amide bonds. The van der Waals surface area contributed by atoms with Crippen LogP contribution in [-0.4, -0.2) is 22.2 Å². The third-order valence-electron chi connectivity index (χ3n) is 4.67. The van der Waals surface area contributed by atoms with Crippen molar-refractivity contribution < 1.29 is 36.9 Å². The van der Waals surface area contributed by atoms with Crippen LogP contribution in [0.25, 0.3) is 0 Å². The Kier molecular flexibility index (Phi) is 6.40. The van der Waals surface area contributed by atoms with Crippen molar-refractivity contribution in [2.24, 2.45) is 11.8 Å². The van der Waals surface area contributed by atoms with Gasteiger partial charge in [-0.05, 0) is 35.8 Å². The van der Waals surface area contributed by atoms with Gasteiger partial charge in [0.15, 0.2) is 0 Å². The predicted molar refractivity (Wildman–Crippen MR) is 89.9 cm³/mol. The van der Waals surface area contributed by atoms with Crippen LogP contribution in [0.2, 0.25) is 0 Å². The summed E-state index contributed by atoms with van der Waals surface area (Å²) in [4.78, 5) is 21.1. The molecular formula is C20H20CuO4. The molecule has 2 aromatic rings.